The van der Waals surface area contributed by atoms with Gasteiger partial charge in [0, 0.05) is 19.5 Å². The smallest absolute Gasteiger partial charge is 0.303 e. The summed E-state index contributed by atoms with van der Waals surface area (Å²) in [7, 11) is -3.71. The van der Waals surface area contributed by atoms with Crippen molar-refractivity contribution in [3.8, 4) is 0 Å². The van der Waals surface area contributed by atoms with Crippen molar-refractivity contribution < 1.29 is 22.7 Å². The summed E-state index contributed by atoms with van der Waals surface area (Å²) in [5.74, 6) is -1.55. The largest absolute Gasteiger partial charge is 0.481 e. The number of hydrogen-bond acceptors (Lipinski definition) is 3. The van der Waals surface area contributed by atoms with E-state index in [1.807, 2.05) is 0 Å². The Labute approximate surface area is 123 Å². The van der Waals surface area contributed by atoms with E-state index < -0.39 is 21.8 Å². The first-order valence-corrected chi connectivity index (χ1v) is 8.14. The van der Waals surface area contributed by atoms with Crippen LogP contribution in [0.3, 0.4) is 0 Å². The van der Waals surface area contributed by atoms with Crippen LogP contribution in [-0.2, 0) is 14.8 Å². The Balaban J connectivity index is 2.30. The van der Waals surface area contributed by atoms with E-state index in [1.165, 1.54) is 16.4 Å². The van der Waals surface area contributed by atoms with Crippen LogP contribution in [0.5, 0.6) is 0 Å². The fraction of sp³-hybridized carbons (Fsp3) is 0.500. The van der Waals surface area contributed by atoms with Gasteiger partial charge in [0.2, 0.25) is 10.0 Å². The van der Waals surface area contributed by atoms with Crippen molar-refractivity contribution in [1.29, 1.82) is 0 Å². The zero-order valence-corrected chi connectivity index (χ0v) is 12.8. The molecule has 0 aromatic heterocycles. The molecular formula is C14H18FNO4S. The predicted octanol–water partition coefficient (Wildman–Crippen LogP) is 1.93. The van der Waals surface area contributed by atoms with Crippen molar-refractivity contribution in [3.05, 3.63) is 29.1 Å². The van der Waals surface area contributed by atoms with Gasteiger partial charge in [-0.2, -0.15) is 4.31 Å². The number of sulfonamides is 1. The number of benzene rings is 1. The lowest BCUT2D eigenvalue weighted by molar-refractivity contribution is -0.137. The van der Waals surface area contributed by atoms with E-state index in [0.29, 0.717) is 24.1 Å². The maximum atomic E-state index is 13.3. The molecule has 1 aliphatic rings. The zero-order chi connectivity index (χ0) is 15.8. The van der Waals surface area contributed by atoms with E-state index in [-0.39, 0.29) is 23.8 Å². The van der Waals surface area contributed by atoms with Crippen molar-refractivity contribution in [1.82, 2.24) is 4.31 Å². The fourth-order valence-corrected chi connectivity index (χ4v) is 4.81. The Morgan fingerprint density at radius 3 is 2.48 bits per heavy atom. The Kier molecular flexibility index (Phi) is 4.34. The van der Waals surface area contributed by atoms with Gasteiger partial charge in [0.15, 0.2) is 0 Å². The van der Waals surface area contributed by atoms with E-state index in [0.717, 1.165) is 0 Å². The average molecular weight is 315 g/mol. The lowest BCUT2D eigenvalue weighted by Crippen LogP contribution is -2.30. The highest BCUT2D eigenvalue weighted by molar-refractivity contribution is 7.89. The minimum atomic E-state index is -3.71. The van der Waals surface area contributed by atoms with Crippen molar-refractivity contribution in [2.24, 2.45) is 5.92 Å². The second-order valence-electron chi connectivity index (χ2n) is 5.48. The SMILES string of the molecule is Cc1cc(F)cc(C)c1S(=O)(=O)N1CCC(CC(=O)O)C1. The molecule has 1 aromatic carbocycles. The van der Waals surface area contributed by atoms with Gasteiger partial charge in [-0.15, -0.1) is 0 Å². The minimum Gasteiger partial charge on any atom is -0.481 e. The highest BCUT2D eigenvalue weighted by Gasteiger charge is 2.35. The molecule has 0 aliphatic carbocycles. The third kappa shape index (κ3) is 3.24. The summed E-state index contributed by atoms with van der Waals surface area (Å²) in [5, 5.41) is 8.79. The van der Waals surface area contributed by atoms with Crippen molar-refractivity contribution in [2.45, 2.75) is 31.6 Å². The third-order valence-corrected chi connectivity index (χ3v) is 5.91. The molecule has 116 valence electrons. The molecular weight excluding hydrogens is 297 g/mol. The standard InChI is InChI=1S/C14H18FNO4S/c1-9-5-12(15)6-10(2)14(9)21(19,20)16-4-3-11(8-16)7-13(17)18/h5-6,11H,3-4,7-8H2,1-2H3,(H,17,18). The molecule has 21 heavy (non-hydrogen) atoms. The summed E-state index contributed by atoms with van der Waals surface area (Å²) < 4.78 is 40.0. The lowest BCUT2D eigenvalue weighted by atomic mass is 10.1. The van der Waals surface area contributed by atoms with Gasteiger partial charge in [-0.3, -0.25) is 4.79 Å². The Morgan fingerprint density at radius 2 is 1.95 bits per heavy atom. The van der Waals surface area contributed by atoms with Crippen LogP contribution >= 0.6 is 0 Å². The molecule has 0 radical (unpaired) electrons. The molecule has 1 aromatic rings. The maximum absolute atomic E-state index is 13.3. The zero-order valence-electron chi connectivity index (χ0n) is 12.0. The van der Waals surface area contributed by atoms with E-state index >= 15 is 0 Å². The predicted molar refractivity (Wildman–Crippen MR) is 75.0 cm³/mol. The molecule has 1 N–H and O–H groups in total. The highest BCUT2D eigenvalue weighted by Crippen LogP contribution is 2.30. The summed E-state index contributed by atoms with van der Waals surface area (Å²) in [5.41, 5.74) is 0.739. The van der Waals surface area contributed by atoms with Crippen molar-refractivity contribution in [2.75, 3.05) is 13.1 Å². The second kappa shape index (κ2) is 5.73. The number of carboxylic acid groups (broad SMARTS) is 1. The number of rotatable bonds is 4. The molecule has 0 spiro atoms. The summed E-state index contributed by atoms with van der Waals surface area (Å²) in [6.07, 6.45) is 0.498. The molecule has 1 aliphatic heterocycles. The van der Waals surface area contributed by atoms with Gasteiger partial charge >= 0.3 is 5.97 Å². The quantitative estimate of drug-likeness (QED) is 0.921. The van der Waals surface area contributed by atoms with E-state index in [1.54, 1.807) is 13.8 Å². The van der Waals surface area contributed by atoms with Crippen LogP contribution in [0.2, 0.25) is 0 Å². The van der Waals surface area contributed by atoms with Gasteiger partial charge in [0.05, 0.1) is 4.90 Å². The molecule has 0 bridgehead atoms. The van der Waals surface area contributed by atoms with Gasteiger partial charge in [-0.05, 0) is 49.4 Å². The first kappa shape index (κ1) is 15.9. The number of carbonyl (C=O) groups is 1. The highest BCUT2D eigenvalue weighted by atomic mass is 32.2. The molecule has 7 heteroatoms. The number of aryl methyl sites for hydroxylation is 2. The van der Waals surface area contributed by atoms with Crippen molar-refractivity contribution >= 4 is 16.0 Å². The van der Waals surface area contributed by atoms with Crippen LogP contribution < -0.4 is 0 Å². The van der Waals surface area contributed by atoms with Crippen LogP contribution in [0.25, 0.3) is 0 Å². The van der Waals surface area contributed by atoms with Crippen LogP contribution in [-0.4, -0.2) is 36.9 Å². The Bertz CT molecular complexity index is 649. The van der Waals surface area contributed by atoms with Gasteiger partial charge in [0.25, 0.3) is 0 Å². The summed E-state index contributed by atoms with van der Waals surface area (Å²) >= 11 is 0. The fourth-order valence-electron chi connectivity index (χ4n) is 2.86. The normalized spacial score (nSPS) is 19.9. The van der Waals surface area contributed by atoms with Crippen LogP contribution in [0.4, 0.5) is 4.39 Å². The first-order valence-electron chi connectivity index (χ1n) is 6.70. The molecule has 0 saturated carbocycles. The minimum absolute atomic E-state index is 0.0343. The number of halogens is 1. The monoisotopic (exact) mass is 315 g/mol. The van der Waals surface area contributed by atoms with Crippen molar-refractivity contribution in [3.63, 3.8) is 0 Å². The Hall–Kier alpha value is -1.47. The molecule has 1 heterocycles. The van der Waals surface area contributed by atoms with Crippen LogP contribution in [0, 0.1) is 25.6 Å². The number of carboxylic acids is 1. The maximum Gasteiger partial charge on any atom is 0.303 e. The number of aliphatic carboxylic acids is 1. The number of nitrogens with zero attached hydrogens (tertiary/aromatic N) is 1. The second-order valence-corrected chi connectivity index (χ2v) is 7.36. The van der Waals surface area contributed by atoms with E-state index in [2.05, 4.69) is 0 Å². The molecule has 5 nitrogen and oxygen atoms in total. The molecule has 2 rings (SSSR count). The average Bonchev–Trinajstić information content (AvgIpc) is 2.75. The summed E-state index contributed by atoms with van der Waals surface area (Å²) in [6, 6.07) is 2.40. The van der Waals surface area contributed by atoms with E-state index in [9.17, 15) is 17.6 Å². The molecule has 1 fully saturated rings. The van der Waals surface area contributed by atoms with Gasteiger partial charge in [-0.1, -0.05) is 0 Å². The van der Waals surface area contributed by atoms with Gasteiger partial charge < -0.3 is 5.11 Å². The lowest BCUT2D eigenvalue weighted by Gasteiger charge is -2.19. The van der Waals surface area contributed by atoms with Crippen LogP contribution in [0.1, 0.15) is 24.0 Å². The van der Waals surface area contributed by atoms with Gasteiger partial charge in [0.1, 0.15) is 5.82 Å². The first-order chi connectivity index (χ1) is 9.71. The van der Waals surface area contributed by atoms with Gasteiger partial charge in [-0.25, -0.2) is 12.8 Å². The molecule has 1 atom stereocenters. The molecule has 1 unspecified atom stereocenters. The topological polar surface area (TPSA) is 74.7 Å². The number of hydrogen-bond donors (Lipinski definition) is 1. The summed E-state index contributed by atoms with van der Waals surface area (Å²) in [6.45, 7) is 3.63. The van der Waals surface area contributed by atoms with Crippen LogP contribution in [0.15, 0.2) is 17.0 Å². The molecule has 0 amide bonds. The Morgan fingerprint density at radius 1 is 1.38 bits per heavy atom. The summed E-state index contributed by atoms with van der Waals surface area (Å²) in [4.78, 5) is 10.8. The molecule has 1 saturated heterocycles. The third-order valence-electron chi connectivity index (χ3n) is 3.73. The van der Waals surface area contributed by atoms with E-state index in [4.69, 9.17) is 5.11 Å².